The number of esters is 1. The minimum atomic E-state index is -1.54. The number of carbonyl (C=O) groups excluding carboxylic acids is 1. The number of nitrogens with one attached hydrogen (secondary N) is 1. The molecule has 1 atom stereocenters. The lowest BCUT2D eigenvalue weighted by Gasteiger charge is -2.22. The standard InChI is InChI=1S/C12H17NO3S/c1-4-16-11(14)12(2,3)17(15)13-10-8-6-5-7-9-10/h5-9,13H,4H2,1-3H3. The van der Waals surface area contributed by atoms with Gasteiger partial charge in [0.1, 0.15) is 11.0 Å². The van der Waals surface area contributed by atoms with Crippen molar-refractivity contribution in [3.05, 3.63) is 30.3 Å². The molecule has 0 heterocycles. The fourth-order valence-corrected chi connectivity index (χ4v) is 1.94. The molecular formula is C12H17NO3S. The first kappa shape index (κ1) is 13.7. The number of ether oxygens (including phenoxy) is 1. The summed E-state index contributed by atoms with van der Waals surface area (Å²) < 4.78 is 18.7. The maximum Gasteiger partial charge on any atom is 0.326 e. The van der Waals surface area contributed by atoms with Gasteiger partial charge in [-0.2, -0.15) is 0 Å². The topological polar surface area (TPSA) is 55.4 Å². The van der Waals surface area contributed by atoms with Crippen molar-refractivity contribution in [1.82, 2.24) is 0 Å². The average Bonchev–Trinajstić information content (AvgIpc) is 2.30. The molecule has 0 aliphatic carbocycles. The van der Waals surface area contributed by atoms with Crippen molar-refractivity contribution in [3.8, 4) is 0 Å². The molecule has 0 aliphatic rings. The molecule has 94 valence electrons. The van der Waals surface area contributed by atoms with E-state index in [0.717, 1.165) is 0 Å². The molecule has 1 N–H and O–H groups in total. The van der Waals surface area contributed by atoms with Crippen LogP contribution in [0.5, 0.6) is 0 Å². The van der Waals surface area contributed by atoms with E-state index in [2.05, 4.69) is 4.72 Å². The molecule has 0 bridgehead atoms. The fourth-order valence-electron chi connectivity index (χ4n) is 1.12. The first-order valence-corrected chi connectivity index (χ1v) is 6.54. The summed E-state index contributed by atoms with van der Waals surface area (Å²) in [4.78, 5) is 11.6. The van der Waals surface area contributed by atoms with Gasteiger partial charge in [0, 0.05) is 5.69 Å². The van der Waals surface area contributed by atoms with Crippen LogP contribution >= 0.6 is 0 Å². The molecule has 0 amide bonds. The Hall–Kier alpha value is -1.36. The minimum Gasteiger partial charge on any atom is -0.465 e. The Morgan fingerprint density at radius 2 is 1.94 bits per heavy atom. The Morgan fingerprint density at radius 1 is 1.35 bits per heavy atom. The van der Waals surface area contributed by atoms with E-state index in [9.17, 15) is 9.00 Å². The van der Waals surface area contributed by atoms with Gasteiger partial charge in [0.05, 0.1) is 6.61 Å². The summed E-state index contributed by atoms with van der Waals surface area (Å²) in [6.45, 7) is 5.19. The van der Waals surface area contributed by atoms with Crippen LogP contribution in [0.25, 0.3) is 0 Å². The third-order valence-corrected chi connectivity index (χ3v) is 3.73. The van der Waals surface area contributed by atoms with Crippen LogP contribution in [-0.2, 0) is 20.5 Å². The smallest absolute Gasteiger partial charge is 0.326 e. The van der Waals surface area contributed by atoms with Crippen molar-refractivity contribution < 1.29 is 13.7 Å². The number of hydrogen-bond acceptors (Lipinski definition) is 3. The van der Waals surface area contributed by atoms with Gasteiger partial charge in [-0.1, -0.05) is 18.2 Å². The van der Waals surface area contributed by atoms with Crippen LogP contribution in [0.1, 0.15) is 20.8 Å². The number of para-hydroxylation sites is 1. The van der Waals surface area contributed by atoms with Gasteiger partial charge in [-0.15, -0.1) is 0 Å². The molecule has 0 saturated carbocycles. The van der Waals surface area contributed by atoms with Crippen LogP contribution in [0, 0.1) is 0 Å². The zero-order valence-electron chi connectivity index (χ0n) is 10.2. The summed E-state index contributed by atoms with van der Waals surface area (Å²) in [6, 6.07) is 9.11. The quantitative estimate of drug-likeness (QED) is 0.820. The van der Waals surface area contributed by atoms with E-state index in [0.29, 0.717) is 5.69 Å². The third-order valence-electron chi connectivity index (χ3n) is 2.21. The molecule has 1 rings (SSSR count). The summed E-state index contributed by atoms with van der Waals surface area (Å²) in [7, 11) is -1.54. The van der Waals surface area contributed by atoms with Crippen molar-refractivity contribution in [3.63, 3.8) is 0 Å². The van der Waals surface area contributed by atoms with Crippen LogP contribution in [0.4, 0.5) is 5.69 Å². The molecule has 1 aromatic carbocycles. The van der Waals surface area contributed by atoms with Crippen LogP contribution in [0.15, 0.2) is 30.3 Å². The number of benzene rings is 1. The second kappa shape index (κ2) is 5.82. The fraction of sp³-hybridized carbons (Fsp3) is 0.417. The summed E-state index contributed by atoms with van der Waals surface area (Å²) in [5.41, 5.74) is 0.711. The predicted molar refractivity (Wildman–Crippen MR) is 68.9 cm³/mol. The van der Waals surface area contributed by atoms with Crippen molar-refractivity contribution in [2.45, 2.75) is 25.5 Å². The van der Waals surface area contributed by atoms with Crippen molar-refractivity contribution in [2.75, 3.05) is 11.3 Å². The predicted octanol–water partition coefficient (Wildman–Crippen LogP) is 2.10. The van der Waals surface area contributed by atoms with Gasteiger partial charge in [-0.3, -0.25) is 4.79 Å². The van der Waals surface area contributed by atoms with Crippen molar-refractivity contribution >= 4 is 22.6 Å². The Labute approximate surface area is 104 Å². The van der Waals surface area contributed by atoms with Gasteiger partial charge >= 0.3 is 5.97 Å². The van der Waals surface area contributed by atoms with Crippen molar-refractivity contribution in [2.24, 2.45) is 0 Å². The monoisotopic (exact) mass is 255 g/mol. The molecule has 0 saturated heterocycles. The average molecular weight is 255 g/mol. The normalized spacial score (nSPS) is 12.9. The molecule has 0 radical (unpaired) electrons. The highest BCUT2D eigenvalue weighted by Gasteiger charge is 2.36. The maximum absolute atomic E-state index is 12.0. The van der Waals surface area contributed by atoms with Crippen LogP contribution in [-0.4, -0.2) is 21.5 Å². The Bertz CT molecular complexity index is 403. The molecule has 0 aliphatic heterocycles. The zero-order valence-corrected chi connectivity index (χ0v) is 11.0. The van der Waals surface area contributed by atoms with Gasteiger partial charge in [-0.05, 0) is 32.9 Å². The third kappa shape index (κ3) is 3.56. The summed E-state index contributed by atoms with van der Waals surface area (Å²) >= 11 is 0. The Morgan fingerprint density at radius 3 is 2.47 bits per heavy atom. The summed E-state index contributed by atoms with van der Waals surface area (Å²) in [6.07, 6.45) is 0. The molecule has 17 heavy (non-hydrogen) atoms. The maximum atomic E-state index is 12.0. The molecule has 0 fully saturated rings. The van der Waals surface area contributed by atoms with Crippen LogP contribution in [0.3, 0.4) is 0 Å². The summed E-state index contributed by atoms with van der Waals surface area (Å²) in [5.74, 6) is -0.471. The van der Waals surface area contributed by atoms with E-state index < -0.39 is 21.7 Å². The number of rotatable bonds is 5. The molecule has 0 spiro atoms. The largest absolute Gasteiger partial charge is 0.465 e. The molecule has 5 heteroatoms. The highest BCUT2D eigenvalue weighted by molar-refractivity contribution is 7.88. The lowest BCUT2D eigenvalue weighted by Crippen LogP contribution is -2.41. The molecule has 0 aromatic heterocycles. The van der Waals surface area contributed by atoms with E-state index in [-0.39, 0.29) is 6.61 Å². The Balaban J connectivity index is 2.73. The number of carbonyl (C=O) groups is 1. The zero-order chi connectivity index (χ0) is 12.9. The molecule has 1 unspecified atom stereocenters. The first-order chi connectivity index (χ1) is 7.98. The van der Waals surface area contributed by atoms with Crippen LogP contribution < -0.4 is 4.72 Å². The molecular weight excluding hydrogens is 238 g/mol. The van der Waals surface area contributed by atoms with Gasteiger partial charge in [0.2, 0.25) is 0 Å². The summed E-state index contributed by atoms with van der Waals surface area (Å²) in [5, 5.41) is 0. The Kier molecular flexibility index (Phi) is 4.69. The van der Waals surface area contributed by atoms with Crippen LogP contribution in [0.2, 0.25) is 0 Å². The SMILES string of the molecule is CCOC(=O)C(C)(C)S(=O)Nc1ccccc1. The van der Waals surface area contributed by atoms with Gasteiger partial charge < -0.3 is 9.46 Å². The lowest BCUT2D eigenvalue weighted by molar-refractivity contribution is -0.145. The van der Waals surface area contributed by atoms with E-state index >= 15 is 0 Å². The minimum absolute atomic E-state index is 0.283. The van der Waals surface area contributed by atoms with Crippen molar-refractivity contribution in [1.29, 1.82) is 0 Å². The lowest BCUT2D eigenvalue weighted by atomic mass is 10.2. The van der Waals surface area contributed by atoms with Gasteiger partial charge in [0.15, 0.2) is 4.75 Å². The number of anilines is 1. The number of hydrogen-bond donors (Lipinski definition) is 1. The van der Waals surface area contributed by atoms with E-state index in [1.807, 2.05) is 18.2 Å². The van der Waals surface area contributed by atoms with E-state index in [1.165, 1.54) is 0 Å². The highest BCUT2D eigenvalue weighted by atomic mass is 32.2. The van der Waals surface area contributed by atoms with E-state index in [4.69, 9.17) is 4.74 Å². The van der Waals surface area contributed by atoms with Gasteiger partial charge in [0.25, 0.3) is 0 Å². The highest BCUT2D eigenvalue weighted by Crippen LogP contribution is 2.18. The van der Waals surface area contributed by atoms with E-state index in [1.54, 1.807) is 32.9 Å². The first-order valence-electron chi connectivity index (χ1n) is 5.39. The molecule has 4 nitrogen and oxygen atoms in total. The second-order valence-electron chi connectivity index (χ2n) is 3.97. The molecule has 1 aromatic rings. The van der Waals surface area contributed by atoms with Gasteiger partial charge in [-0.25, -0.2) is 4.21 Å². The second-order valence-corrected chi connectivity index (χ2v) is 5.73.